The molecule has 1 aromatic heterocycles. The molecule has 0 bridgehead atoms. The standard InChI is InChI=1S/C18H20N4O4S/c1-12(2)27(23,24)22-16-10-25-11-17(16)26-18-20-8-14(9-21-18)15-6-4-3-5-13(15)7-19/h3-6,8-9,12,16-17,22H,10-11H2,1-2H3. The Bertz CT molecular complexity index is 939. The fourth-order valence-electron chi connectivity index (χ4n) is 2.59. The van der Waals surface area contributed by atoms with Crippen molar-refractivity contribution in [2.75, 3.05) is 13.2 Å². The SMILES string of the molecule is CC(C)S(=O)(=O)NC1COCC1Oc1ncc(-c2ccccc2C#N)cn1. The van der Waals surface area contributed by atoms with Crippen LogP contribution < -0.4 is 9.46 Å². The van der Waals surface area contributed by atoms with Crippen LogP contribution >= 0.6 is 0 Å². The third kappa shape index (κ3) is 4.42. The summed E-state index contributed by atoms with van der Waals surface area (Å²) in [6.07, 6.45) is 2.62. The maximum Gasteiger partial charge on any atom is 0.316 e. The van der Waals surface area contributed by atoms with E-state index < -0.39 is 27.4 Å². The summed E-state index contributed by atoms with van der Waals surface area (Å²) >= 11 is 0. The molecule has 0 amide bonds. The molecule has 0 saturated carbocycles. The molecule has 8 nitrogen and oxygen atoms in total. The third-order valence-corrected chi connectivity index (χ3v) is 6.08. The molecule has 1 saturated heterocycles. The van der Waals surface area contributed by atoms with Crippen LogP contribution in [0.5, 0.6) is 6.01 Å². The smallest absolute Gasteiger partial charge is 0.316 e. The van der Waals surface area contributed by atoms with Gasteiger partial charge in [-0.2, -0.15) is 5.26 Å². The number of ether oxygens (including phenoxy) is 2. The highest BCUT2D eigenvalue weighted by molar-refractivity contribution is 7.90. The molecule has 9 heteroatoms. The minimum atomic E-state index is -3.44. The van der Waals surface area contributed by atoms with E-state index in [9.17, 15) is 13.7 Å². The van der Waals surface area contributed by atoms with Crippen LogP contribution in [0.1, 0.15) is 19.4 Å². The number of hydrogen-bond acceptors (Lipinski definition) is 7. The predicted molar refractivity (Wildman–Crippen MR) is 98.4 cm³/mol. The number of rotatable bonds is 6. The van der Waals surface area contributed by atoms with Crippen molar-refractivity contribution >= 4 is 10.0 Å². The molecule has 2 unspecified atom stereocenters. The van der Waals surface area contributed by atoms with Gasteiger partial charge in [-0.3, -0.25) is 0 Å². The van der Waals surface area contributed by atoms with Gasteiger partial charge >= 0.3 is 6.01 Å². The van der Waals surface area contributed by atoms with Crippen molar-refractivity contribution in [2.24, 2.45) is 0 Å². The van der Waals surface area contributed by atoms with Gasteiger partial charge in [-0.15, -0.1) is 0 Å². The zero-order valence-electron chi connectivity index (χ0n) is 15.0. The van der Waals surface area contributed by atoms with Gasteiger partial charge in [0.25, 0.3) is 0 Å². The Balaban J connectivity index is 1.72. The largest absolute Gasteiger partial charge is 0.456 e. The second-order valence-corrected chi connectivity index (χ2v) is 8.69. The van der Waals surface area contributed by atoms with Crippen molar-refractivity contribution in [3.63, 3.8) is 0 Å². The lowest BCUT2D eigenvalue weighted by molar-refractivity contribution is 0.132. The summed E-state index contributed by atoms with van der Waals surface area (Å²) in [6, 6.07) is 8.93. The zero-order chi connectivity index (χ0) is 19.4. The summed E-state index contributed by atoms with van der Waals surface area (Å²) in [4.78, 5) is 8.37. The lowest BCUT2D eigenvalue weighted by Crippen LogP contribution is -2.47. The first kappa shape index (κ1) is 19.2. The molecule has 0 spiro atoms. The van der Waals surface area contributed by atoms with Crippen LogP contribution in [0.4, 0.5) is 0 Å². The summed E-state index contributed by atoms with van der Waals surface area (Å²) in [6.45, 7) is 3.68. The average Bonchev–Trinajstić information content (AvgIpc) is 3.08. The molecule has 2 atom stereocenters. The molecule has 3 rings (SSSR count). The molecule has 2 aromatic rings. The van der Waals surface area contributed by atoms with E-state index >= 15 is 0 Å². The second kappa shape index (κ2) is 8.00. The quantitative estimate of drug-likeness (QED) is 0.797. The molecule has 27 heavy (non-hydrogen) atoms. The first-order valence-electron chi connectivity index (χ1n) is 8.48. The Hall–Kier alpha value is -2.54. The number of hydrogen-bond donors (Lipinski definition) is 1. The van der Waals surface area contributed by atoms with Gasteiger partial charge in [0.2, 0.25) is 10.0 Å². The maximum atomic E-state index is 12.1. The Morgan fingerprint density at radius 1 is 1.26 bits per heavy atom. The number of nitriles is 1. The lowest BCUT2D eigenvalue weighted by atomic mass is 10.0. The van der Waals surface area contributed by atoms with E-state index in [0.29, 0.717) is 11.1 Å². The van der Waals surface area contributed by atoms with Gasteiger partial charge in [0.15, 0.2) is 0 Å². The molecule has 0 radical (unpaired) electrons. The first-order chi connectivity index (χ1) is 12.9. The van der Waals surface area contributed by atoms with E-state index in [2.05, 4.69) is 20.8 Å². The number of nitrogens with zero attached hydrogens (tertiary/aromatic N) is 3. The predicted octanol–water partition coefficient (Wildman–Crippen LogP) is 1.49. The highest BCUT2D eigenvalue weighted by Gasteiger charge is 2.34. The lowest BCUT2D eigenvalue weighted by Gasteiger charge is -2.20. The van der Waals surface area contributed by atoms with Crippen molar-refractivity contribution in [2.45, 2.75) is 31.2 Å². The van der Waals surface area contributed by atoms with Gasteiger partial charge in [0, 0.05) is 23.5 Å². The van der Waals surface area contributed by atoms with E-state index in [-0.39, 0.29) is 19.2 Å². The van der Waals surface area contributed by atoms with E-state index in [4.69, 9.17) is 9.47 Å². The van der Waals surface area contributed by atoms with Crippen LogP contribution in [-0.4, -0.2) is 49.0 Å². The van der Waals surface area contributed by atoms with Crippen LogP contribution in [-0.2, 0) is 14.8 Å². The van der Waals surface area contributed by atoms with Crippen molar-refractivity contribution in [3.8, 4) is 23.2 Å². The van der Waals surface area contributed by atoms with Crippen LogP contribution in [0.25, 0.3) is 11.1 Å². The molecule has 0 aliphatic carbocycles. The summed E-state index contributed by atoms with van der Waals surface area (Å²) in [5.74, 6) is 0. The Morgan fingerprint density at radius 3 is 2.63 bits per heavy atom. The molecule has 1 N–H and O–H groups in total. The number of nitrogens with one attached hydrogen (secondary N) is 1. The van der Waals surface area contributed by atoms with Gasteiger partial charge in [0.05, 0.1) is 36.1 Å². The fourth-order valence-corrected chi connectivity index (χ4v) is 3.51. The van der Waals surface area contributed by atoms with Crippen LogP contribution in [0.3, 0.4) is 0 Å². The summed E-state index contributed by atoms with van der Waals surface area (Å²) < 4.78 is 37.8. The highest BCUT2D eigenvalue weighted by atomic mass is 32.2. The average molecular weight is 388 g/mol. The fraction of sp³-hybridized carbons (Fsp3) is 0.389. The Morgan fingerprint density at radius 2 is 1.96 bits per heavy atom. The monoisotopic (exact) mass is 388 g/mol. The molecule has 2 heterocycles. The first-order valence-corrected chi connectivity index (χ1v) is 10.0. The minimum absolute atomic E-state index is 0.123. The topological polar surface area (TPSA) is 114 Å². The number of benzene rings is 1. The third-order valence-electron chi connectivity index (χ3n) is 4.21. The number of sulfonamides is 1. The summed E-state index contributed by atoms with van der Waals surface area (Å²) in [5, 5.41) is 8.65. The summed E-state index contributed by atoms with van der Waals surface area (Å²) in [7, 11) is -3.44. The van der Waals surface area contributed by atoms with Gasteiger partial charge in [0.1, 0.15) is 6.10 Å². The maximum absolute atomic E-state index is 12.1. The van der Waals surface area contributed by atoms with Crippen LogP contribution in [0.2, 0.25) is 0 Å². The second-order valence-electron chi connectivity index (χ2n) is 6.42. The number of aromatic nitrogens is 2. The van der Waals surface area contributed by atoms with Crippen LogP contribution in [0, 0.1) is 11.3 Å². The molecular formula is C18H20N4O4S. The Labute approximate surface area is 158 Å². The van der Waals surface area contributed by atoms with Crippen LogP contribution in [0.15, 0.2) is 36.7 Å². The van der Waals surface area contributed by atoms with E-state index in [0.717, 1.165) is 5.56 Å². The normalized spacial score (nSPS) is 19.8. The van der Waals surface area contributed by atoms with Crippen molar-refractivity contribution in [1.29, 1.82) is 5.26 Å². The van der Waals surface area contributed by atoms with Crippen molar-refractivity contribution < 1.29 is 17.9 Å². The molecule has 1 aliphatic rings. The molecule has 1 fully saturated rings. The molecular weight excluding hydrogens is 368 g/mol. The van der Waals surface area contributed by atoms with Gasteiger partial charge in [-0.1, -0.05) is 18.2 Å². The van der Waals surface area contributed by atoms with Gasteiger partial charge in [-0.25, -0.2) is 23.1 Å². The molecule has 1 aromatic carbocycles. The van der Waals surface area contributed by atoms with Crippen molar-refractivity contribution in [1.82, 2.24) is 14.7 Å². The van der Waals surface area contributed by atoms with Crippen molar-refractivity contribution in [3.05, 3.63) is 42.2 Å². The minimum Gasteiger partial charge on any atom is -0.456 e. The van der Waals surface area contributed by atoms with E-state index in [1.165, 1.54) is 0 Å². The van der Waals surface area contributed by atoms with E-state index in [1.54, 1.807) is 38.4 Å². The van der Waals surface area contributed by atoms with Gasteiger partial charge in [-0.05, 0) is 19.9 Å². The highest BCUT2D eigenvalue weighted by Crippen LogP contribution is 2.23. The molecule has 1 aliphatic heterocycles. The Kier molecular flexibility index (Phi) is 5.70. The zero-order valence-corrected chi connectivity index (χ0v) is 15.8. The van der Waals surface area contributed by atoms with E-state index in [1.807, 2.05) is 12.1 Å². The van der Waals surface area contributed by atoms with Gasteiger partial charge < -0.3 is 9.47 Å². The molecule has 142 valence electrons. The summed E-state index contributed by atoms with van der Waals surface area (Å²) in [5.41, 5.74) is 1.96.